The molecular weight excluding hydrogens is 294 g/mol. The Morgan fingerprint density at radius 3 is 2.50 bits per heavy atom. The standard InChI is InChI=1S/C13H23N3O2S2/c1-16(2)9-3-8-15-20(17,18)11-10-19-13-6-4-12(14)5-7-13/h4-7,15H,3,8-11,14H2,1-2H3. The first-order chi connectivity index (χ1) is 9.39. The van der Waals surface area contributed by atoms with Crippen LogP contribution in [0.15, 0.2) is 29.2 Å². The van der Waals surface area contributed by atoms with E-state index < -0.39 is 10.0 Å². The summed E-state index contributed by atoms with van der Waals surface area (Å²) in [4.78, 5) is 3.06. The first kappa shape index (κ1) is 17.3. The Balaban J connectivity index is 2.24. The number of nitrogens with two attached hydrogens (primary N) is 1. The van der Waals surface area contributed by atoms with Crippen molar-refractivity contribution >= 4 is 27.5 Å². The fourth-order valence-electron chi connectivity index (χ4n) is 1.53. The molecule has 1 aromatic carbocycles. The SMILES string of the molecule is CN(C)CCCNS(=O)(=O)CCSc1ccc(N)cc1. The number of thioether (sulfide) groups is 1. The van der Waals surface area contributed by atoms with Gasteiger partial charge in [0, 0.05) is 22.9 Å². The molecule has 0 fully saturated rings. The molecule has 3 N–H and O–H groups in total. The highest BCUT2D eigenvalue weighted by Crippen LogP contribution is 2.19. The van der Waals surface area contributed by atoms with Crippen molar-refractivity contribution in [1.82, 2.24) is 9.62 Å². The second kappa shape index (κ2) is 8.51. The Labute approximate surface area is 126 Å². The zero-order valence-electron chi connectivity index (χ0n) is 12.0. The topological polar surface area (TPSA) is 75.4 Å². The van der Waals surface area contributed by atoms with E-state index in [-0.39, 0.29) is 5.75 Å². The number of rotatable bonds is 9. The molecule has 0 unspecified atom stereocenters. The summed E-state index contributed by atoms with van der Waals surface area (Å²) in [6.45, 7) is 1.37. The average Bonchev–Trinajstić information content (AvgIpc) is 2.37. The molecule has 0 aliphatic heterocycles. The van der Waals surface area contributed by atoms with Crippen molar-refractivity contribution in [3.8, 4) is 0 Å². The molecule has 0 atom stereocenters. The van der Waals surface area contributed by atoms with E-state index >= 15 is 0 Å². The summed E-state index contributed by atoms with van der Waals surface area (Å²) in [5, 5.41) is 0. The van der Waals surface area contributed by atoms with Gasteiger partial charge in [-0.3, -0.25) is 0 Å². The minimum absolute atomic E-state index is 0.129. The predicted molar refractivity (Wildman–Crippen MR) is 86.5 cm³/mol. The van der Waals surface area contributed by atoms with Gasteiger partial charge in [-0.05, 0) is 51.3 Å². The van der Waals surface area contributed by atoms with Crippen LogP contribution in [-0.4, -0.2) is 52.0 Å². The van der Waals surface area contributed by atoms with Crippen LogP contribution in [0.1, 0.15) is 6.42 Å². The van der Waals surface area contributed by atoms with Crippen molar-refractivity contribution in [3.05, 3.63) is 24.3 Å². The van der Waals surface area contributed by atoms with Gasteiger partial charge in [-0.1, -0.05) is 0 Å². The van der Waals surface area contributed by atoms with Crippen molar-refractivity contribution in [2.75, 3.05) is 44.4 Å². The molecular formula is C13H23N3O2S2. The lowest BCUT2D eigenvalue weighted by Gasteiger charge is -2.10. The van der Waals surface area contributed by atoms with E-state index in [2.05, 4.69) is 4.72 Å². The van der Waals surface area contributed by atoms with Gasteiger partial charge in [-0.25, -0.2) is 13.1 Å². The lowest BCUT2D eigenvalue weighted by molar-refractivity contribution is 0.400. The minimum Gasteiger partial charge on any atom is -0.399 e. The number of nitrogens with zero attached hydrogens (tertiary/aromatic N) is 1. The third-order valence-corrected chi connectivity index (χ3v) is 5.26. The molecule has 0 spiro atoms. The Kier molecular flexibility index (Phi) is 7.36. The molecule has 5 nitrogen and oxygen atoms in total. The lowest BCUT2D eigenvalue weighted by Crippen LogP contribution is -2.30. The molecule has 0 heterocycles. The molecule has 0 radical (unpaired) electrons. The highest BCUT2D eigenvalue weighted by molar-refractivity contribution is 8.00. The van der Waals surface area contributed by atoms with Crippen molar-refractivity contribution in [2.45, 2.75) is 11.3 Å². The zero-order valence-corrected chi connectivity index (χ0v) is 13.6. The maximum Gasteiger partial charge on any atom is 0.212 e. The van der Waals surface area contributed by atoms with Gasteiger partial charge >= 0.3 is 0 Å². The molecule has 0 aromatic heterocycles. The highest BCUT2D eigenvalue weighted by Gasteiger charge is 2.09. The van der Waals surface area contributed by atoms with Gasteiger partial charge < -0.3 is 10.6 Å². The molecule has 0 aliphatic carbocycles. The Bertz CT molecular complexity index is 487. The van der Waals surface area contributed by atoms with E-state index in [1.807, 2.05) is 43.3 Å². The molecule has 0 saturated heterocycles. The fourth-order valence-corrected chi connectivity index (χ4v) is 3.90. The second-order valence-electron chi connectivity index (χ2n) is 4.79. The minimum atomic E-state index is -3.17. The van der Waals surface area contributed by atoms with Crippen LogP contribution < -0.4 is 10.5 Å². The van der Waals surface area contributed by atoms with Crippen LogP contribution in [0.5, 0.6) is 0 Å². The molecule has 1 aromatic rings. The smallest absolute Gasteiger partial charge is 0.212 e. The third kappa shape index (κ3) is 7.74. The van der Waals surface area contributed by atoms with Gasteiger partial charge in [0.05, 0.1) is 5.75 Å². The molecule has 7 heteroatoms. The van der Waals surface area contributed by atoms with Crippen LogP contribution >= 0.6 is 11.8 Å². The largest absolute Gasteiger partial charge is 0.399 e. The Morgan fingerprint density at radius 2 is 1.90 bits per heavy atom. The van der Waals surface area contributed by atoms with E-state index in [0.29, 0.717) is 18.0 Å². The zero-order chi connectivity index (χ0) is 15.0. The van der Waals surface area contributed by atoms with Crippen molar-refractivity contribution in [2.24, 2.45) is 0 Å². The van der Waals surface area contributed by atoms with Gasteiger partial charge in [0.15, 0.2) is 0 Å². The predicted octanol–water partition coefficient (Wildman–Crippen LogP) is 1.23. The van der Waals surface area contributed by atoms with Gasteiger partial charge in [0.2, 0.25) is 10.0 Å². The molecule has 0 aliphatic rings. The number of hydrogen-bond donors (Lipinski definition) is 2. The highest BCUT2D eigenvalue weighted by atomic mass is 32.2. The van der Waals surface area contributed by atoms with E-state index in [9.17, 15) is 8.42 Å². The number of nitrogen functional groups attached to an aromatic ring is 1. The van der Waals surface area contributed by atoms with Crippen LogP contribution in [0.4, 0.5) is 5.69 Å². The van der Waals surface area contributed by atoms with E-state index in [0.717, 1.165) is 17.9 Å². The summed E-state index contributed by atoms with van der Waals surface area (Å²) in [7, 11) is 0.768. The normalized spacial score (nSPS) is 11.9. The Morgan fingerprint density at radius 1 is 1.25 bits per heavy atom. The molecule has 20 heavy (non-hydrogen) atoms. The third-order valence-electron chi connectivity index (χ3n) is 2.60. The van der Waals surface area contributed by atoms with E-state index in [1.165, 1.54) is 11.8 Å². The van der Waals surface area contributed by atoms with Crippen LogP contribution in [0.3, 0.4) is 0 Å². The molecule has 0 saturated carbocycles. The molecule has 0 amide bonds. The number of nitrogens with one attached hydrogen (secondary N) is 1. The Hall–Kier alpha value is -0.760. The quantitative estimate of drug-likeness (QED) is 0.407. The maximum absolute atomic E-state index is 11.8. The van der Waals surface area contributed by atoms with Crippen LogP contribution in [0, 0.1) is 0 Å². The lowest BCUT2D eigenvalue weighted by atomic mass is 10.3. The summed E-state index contributed by atoms with van der Waals surface area (Å²) in [6.07, 6.45) is 0.817. The van der Waals surface area contributed by atoms with Gasteiger partial charge in [-0.15, -0.1) is 11.8 Å². The van der Waals surface area contributed by atoms with E-state index in [4.69, 9.17) is 5.73 Å². The van der Waals surface area contributed by atoms with Gasteiger partial charge in [0.25, 0.3) is 0 Å². The van der Waals surface area contributed by atoms with Crippen LogP contribution in [-0.2, 0) is 10.0 Å². The van der Waals surface area contributed by atoms with Crippen molar-refractivity contribution < 1.29 is 8.42 Å². The fraction of sp³-hybridized carbons (Fsp3) is 0.538. The summed E-state index contributed by atoms with van der Waals surface area (Å²) >= 11 is 1.52. The molecule has 114 valence electrons. The van der Waals surface area contributed by atoms with E-state index in [1.54, 1.807) is 0 Å². The number of anilines is 1. The van der Waals surface area contributed by atoms with Crippen molar-refractivity contribution in [3.63, 3.8) is 0 Å². The molecule has 1 rings (SSSR count). The average molecular weight is 317 g/mol. The number of benzene rings is 1. The maximum atomic E-state index is 11.8. The van der Waals surface area contributed by atoms with Crippen LogP contribution in [0.2, 0.25) is 0 Å². The first-order valence-electron chi connectivity index (χ1n) is 6.49. The number of hydrogen-bond acceptors (Lipinski definition) is 5. The summed E-state index contributed by atoms with van der Waals surface area (Å²) in [5.74, 6) is 0.664. The van der Waals surface area contributed by atoms with Gasteiger partial charge in [-0.2, -0.15) is 0 Å². The monoisotopic (exact) mass is 317 g/mol. The van der Waals surface area contributed by atoms with Crippen molar-refractivity contribution in [1.29, 1.82) is 0 Å². The van der Waals surface area contributed by atoms with Crippen LogP contribution in [0.25, 0.3) is 0 Å². The number of sulfonamides is 1. The summed E-state index contributed by atoms with van der Waals surface area (Å²) in [5.41, 5.74) is 6.31. The summed E-state index contributed by atoms with van der Waals surface area (Å²) < 4.78 is 26.1. The summed E-state index contributed by atoms with van der Waals surface area (Å²) in [6, 6.07) is 7.43. The first-order valence-corrected chi connectivity index (χ1v) is 9.13. The van der Waals surface area contributed by atoms with Gasteiger partial charge in [0.1, 0.15) is 0 Å². The second-order valence-corrected chi connectivity index (χ2v) is 7.88. The molecule has 0 bridgehead atoms.